The van der Waals surface area contributed by atoms with Crippen molar-refractivity contribution in [3.05, 3.63) is 63.1 Å². The molecule has 0 spiro atoms. The standard InChI is InChI=1S/C23H27Cl3N2O3/c1-15(2)27-23(30)16(3)28(14-19-20(25)6-4-7-21(19)26)22(29)8-5-13-31-18-11-9-17(24)10-12-18/h4,6-7,9-12,15-16H,5,8,13-14H2,1-3H3,(H,27,30)/t16-/m0/s1. The first kappa shape index (κ1) is 25.3. The lowest BCUT2D eigenvalue weighted by molar-refractivity contribution is -0.141. The Morgan fingerprint density at radius 1 is 1.00 bits per heavy atom. The largest absolute Gasteiger partial charge is 0.494 e. The topological polar surface area (TPSA) is 58.6 Å². The normalized spacial score (nSPS) is 11.8. The number of nitrogens with one attached hydrogen (secondary N) is 1. The lowest BCUT2D eigenvalue weighted by Gasteiger charge is -2.30. The summed E-state index contributed by atoms with van der Waals surface area (Å²) in [4.78, 5) is 27.1. The lowest BCUT2D eigenvalue weighted by atomic mass is 10.1. The number of rotatable bonds is 10. The first-order chi connectivity index (χ1) is 14.7. The van der Waals surface area contributed by atoms with Gasteiger partial charge in [0, 0.05) is 39.6 Å². The third-order valence-electron chi connectivity index (χ3n) is 4.61. The van der Waals surface area contributed by atoms with Crippen LogP contribution in [0.1, 0.15) is 39.2 Å². The van der Waals surface area contributed by atoms with Crippen molar-refractivity contribution in [2.45, 2.75) is 52.2 Å². The highest BCUT2D eigenvalue weighted by Gasteiger charge is 2.27. The lowest BCUT2D eigenvalue weighted by Crippen LogP contribution is -2.49. The zero-order valence-electron chi connectivity index (χ0n) is 17.8. The van der Waals surface area contributed by atoms with Gasteiger partial charge in [-0.1, -0.05) is 40.9 Å². The van der Waals surface area contributed by atoms with E-state index in [1.165, 1.54) is 4.90 Å². The molecule has 0 bridgehead atoms. The first-order valence-electron chi connectivity index (χ1n) is 10.1. The van der Waals surface area contributed by atoms with Crippen molar-refractivity contribution < 1.29 is 14.3 Å². The number of nitrogens with zero attached hydrogens (tertiary/aromatic N) is 1. The third-order valence-corrected chi connectivity index (χ3v) is 5.57. The summed E-state index contributed by atoms with van der Waals surface area (Å²) in [6, 6.07) is 11.5. The Morgan fingerprint density at radius 3 is 2.19 bits per heavy atom. The van der Waals surface area contributed by atoms with Crippen molar-refractivity contribution in [3.8, 4) is 5.75 Å². The van der Waals surface area contributed by atoms with E-state index in [1.807, 2.05) is 13.8 Å². The van der Waals surface area contributed by atoms with Gasteiger partial charge in [-0.3, -0.25) is 9.59 Å². The van der Waals surface area contributed by atoms with Crippen LogP contribution >= 0.6 is 34.8 Å². The van der Waals surface area contributed by atoms with Gasteiger partial charge in [0.05, 0.1) is 6.61 Å². The van der Waals surface area contributed by atoms with Gasteiger partial charge in [0.25, 0.3) is 0 Å². The fraction of sp³-hybridized carbons (Fsp3) is 0.391. The third kappa shape index (κ3) is 7.91. The molecule has 0 heterocycles. The van der Waals surface area contributed by atoms with E-state index in [1.54, 1.807) is 49.4 Å². The van der Waals surface area contributed by atoms with E-state index in [0.29, 0.717) is 39.4 Å². The maximum absolute atomic E-state index is 13.0. The summed E-state index contributed by atoms with van der Waals surface area (Å²) in [5, 5.41) is 4.39. The molecule has 0 saturated heterocycles. The van der Waals surface area contributed by atoms with Crippen molar-refractivity contribution in [2.24, 2.45) is 0 Å². The number of hydrogen-bond donors (Lipinski definition) is 1. The molecule has 1 N–H and O–H groups in total. The molecule has 0 radical (unpaired) electrons. The number of carbonyl (C=O) groups excluding carboxylic acids is 2. The van der Waals surface area contributed by atoms with Gasteiger partial charge in [-0.25, -0.2) is 0 Å². The number of carbonyl (C=O) groups is 2. The molecule has 2 aromatic rings. The zero-order chi connectivity index (χ0) is 23.0. The first-order valence-corrected chi connectivity index (χ1v) is 11.2. The van der Waals surface area contributed by atoms with Crippen molar-refractivity contribution in [2.75, 3.05) is 6.61 Å². The van der Waals surface area contributed by atoms with Crippen molar-refractivity contribution in [1.29, 1.82) is 0 Å². The van der Waals surface area contributed by atoms with E-state index < -0.39 is 6.04 Å². The van der Waals surface area contributed by atoms with Crippen molar-refractivity contribution in [1.82, 2.24) is 10.2 Å². The van der Waals surface area contributed by atoms with E-state index in [2.05, 4.69) is 5.32 Å². The molecule has 0 saturated carbocycles. The van der Waals surface area contributed by atoms with Gasteiger partial charge in [-0.15, -0.1) is 0 Å². The van der Waals surface area contributed by atoms with Crippen LogP contribution in [0.3, 0.4) is 0 Å². The molecule has 2 rings (SSSR count). The van der Waals surface area contributed by atoms with Crippen LogP contribution in [0.5, 0.6) is 5.75 Å². The van der Waals surface area contributed by atoms with Crippen LogP contribution < -0.4 is 10.1 Å². The average Bonchev–Trinajstić information content (AvgIpc) is 2.71. The van der Waals surface area contributed by atoms with E-state index in [4.69, 9.17) is 39.5 Å². The molecule has 168 valence electrons. The minimum atomic E-state index is -0.681. The minimum Gasteiger partial charge on any atom is -0.494 e. The number of ether oxygens (including phenoxy) is 1. The molecule has 1 atom stereocenters. The van der Waals surface area contributed by atoms with Crippen LogP contribution in [-0.2, 0) is 16.1 Å². The molecule has 0 aromatic heterocycles. The molecule has 0 fully saturated rings. The highest BCUT2D eigenvalue weighted by atomic mass is 35.5. The molecule has 0 aliphatic carbocycles. The highest BCUT2D eigenvalue weighted by molar-refractivity contribution is 6.36. The van der Waals surface area contributed by atoms with E-state index in [9.17, 15) is 9.59 Å². The SMILES string of the molecule is CC(C)NC(=O)[C@H](C)N(Cc1c(Cl)cccc1Cl)C(=O)CCCOc1ccc(Cl)cc1. The van der Waals surface area contributed by atoms with Gasteiger partial charge in [-0.2, -0.15) is 0 Å². The van der Waals surface area contributed by atoms with Gasteiger partial charge in [0.15, 0.2) is 0 Å². The minimum absolute atomic E-state index is 0.0384. The molecule has 0 aliphatic rings. The van der Waals surface area contributed by atoms with Gasteiger partial charge in [0.1, 0.15) is 11.8 Å². The van der Waals surface area contributed by atoms with E-state index >= 15 is 0 Å². The molecular formula is C23H27Cl3N2O3. The number of amides is 2. The highest BCUT2D eigenvalue weighted by Crippen LogP contribution is 2.27. The molecule has 5 nitrogen and oxygen atoms in total. The average molecular weight is 486 g/mol. The molecular weight excluding hydrogens is 459 g/mol. The van der Waals surface area contributed by atoms with Crippen molar-refractivity contribution >= 4 is 46.6 Å². The Labute approximate surface area is 198 Å². The van der Waals surface area contributed by atoms with Gasteiger partial charge < -0.3 is 15.0 Å². The summed E-state index contributed by atoms with van der Waals surface area (Å²) >= 11 is 18.5. The molecule has 0 unspecified atom stereocenters. The summed E-state index contributed by atoms with van der Waals surface area (Å²) in [6.07, 6.45) is 0.710. The second-order valence-electron chi connectivity index (χ2n) is 7.47. The van der Waals surface area contributed by atoms with E-state index in [0.717, 1.165) is 0 Å². The maximum Gasteiger partial charge on any atom is 0.242 e. The fourth-order valence-electron chi connectivity index (χ4n) is 2.93. The van der Waals surface area contributed by atoms with Gasteiger partial charge in [-0.05, 0) is 63.6 Å². The molecule has 31 heavy (non-hydrogen) atoms. The summed E-state index contributed by atoms with van der Waals surface area (Å²) in [7, 11) is 0. The predicted octanol–water partition coefficient (Wildman–Crippen LogP) is 5.75. The zero-order valence-corrected chi connectivity index (χ0v) is 20.1. The number of halogens is 3. The van der Waals surface area contributed by atoms with E-state index in [-0.39, 0.29) is 30.8 Å². The van der Waals surface area contributed by atoms with Crippen LogP contribution in [0.4, 0.5) is 0 Å². The second kappa shape index (κ2) is 12.2. The Morgan fingerprint density at radius 2 is 1.61 bits per heavy atom. The summed E-state index contributed by atoms with van der Waals surface area (Å²) in [6.45, 7) is 5.94. The second-order valence-corrected chi connectivity index (χ2v) is 8.72. The van der Waals surface area contributed by atoms with Crippen LogP contribution in [0.2, 0.25) is 15.1 Å². The van der Waals surface area contributed by atoms with Crippen LogP contribution in [0.25, 0.3) is 0 Å². The summed E-state index contributed by atoms with van der Waals surface area (Å²) in [5.41, 5.74) is 0.612. The fourth-order valence-corrected chi connectivity index (χ4v) is 3.57. The predicted molar refractivity (Wildman–Crippen MR) is 126 cm³/mol. The van der Waals surface area contributed by atoms with Gasteiger partial charge in [0.2, 0.25) is 11.8 Å². The Kier molecular flexibility index (Phi) is 9.94. The monoisotopic (exact) mass is 484 g/mol. The quantitative estimate of drug-likeness (QED) is 0.436. The van der Waals surface area contributed by atoms with Gasteiger partial charge >= 0.3 is 0 Å². The number of benzene rings is 2. The summed E-state index contributed by atoms with van der Waals surface area (Å²) < 4.78 is 5.66. The van der Waals surface area contributed by atoms with Crippen LogP contribution in [0, 0.1) is 0 Å². The van der Waals surface area contributed by atoms with Crippen molar-refractivity contribution in [3.63, 3.8) is 0 Å². The van der Waals surface area contributed by atoms with Crippen LogP contribution in [0.15, 0.2) is 42.5 Å². The number of hydrogen-bond acceptors (Lipinski definition) is 3. The molecule has 2 aromatic carbocycles. The smallest absolute Gasteiger partial charge is 0.242 e. The molecule has 0 aliphatic heterocycles. The summed E-state index contributed by atoms with van der Waals surface area (Å²) in [5.74, 6) is 0.271. The molecule has 2 amide bonds. The Bertz CT molecular complexity index is 868. The molecule has 8 heteroatoms. The Hall–Kier alpha value is -1.95. The van der Waals surface area contributed by atoms with Crippen LogP contribution in [-0.4, -0.2) is 35.4 Å². The Balaban J connectivity index is 2.06. The maximum atomic E-state index is 13.0.